The zero-order valence-electron chi connectivity index (χ0n) is 13.5. The quantitative estimate of drug-likeness (QED) is 0.546. The maximum Gasteiger partial charge on any atom is 0.225 e. The predicted octanol–water partition coefficient (Wildman–Crippen LogP) is 3.34. The molecule has 1 aromatic carbocycles. The Morgan fingerprint density at radius 2 is 2.14 bits per heavy atom. The second kappa shape index (κ2) is 8.42. The van der Waals surface area contributed by atoms with E-state index in [1.165, 1.54) is 12.7 Å². The molecule has 1 fully saturated rings. The third-order valence-corrected chi connectivity index (χ3v) is 4.35. The highest BCUT2D eigenvalue weighted by molar-refractivity contribution is 5.60. The first kappa shape index (κ1) is 17.1. The maximum atomic E-state index is 11.2. The molecule has 1 aromatic rings. The second-order valence-electron chi connectivity index (χ2n) is 5.99. The zero-order valence-corrected chi connectivity index (χ0v) is 13.5. The Hall–Kier alpha value is -1.23. The summed E-state index contributed by atoms with van der Waals surface area (Å²) in [7, 11) is 1.53. The summed E-state index contributed by atoms with van der Waals surface area (Å²) in [5.41, 5.74) is 1.18. The zero-order chi connectivity index (χ0) is 15.8. The van der Waals surface area contributed by atoms with Gasteiger partial charge in [-0.25, -0.2) is 0 Å². The molecule has 0 unspecified atom stereocenters. The lowest BCUT2D eigenvalue weighted by molar-refractivity contribution is -0.257. The molecule has 1 heterocycles. The van der Waals surface area contributed by atoms with E-state index in [2.05, 4.69) is 19.1 Å². The molecule has 4 nitrogen and oxygen atoms in total. The summed E-state index contributed by atoms with van der Waals surface area (Å²) in [6.07, 6.45) is 4.23. The number of benzene rings is 1. The summed E-state index contributed by atoms with van der Waals surface area (Å²) in [6.45, 7) is 3.50. The van der Waals surface area contributed by atoms with Crippen LogP contribution in [0.4, 0.5) is 0 Å². The first-order valence-corrected chi connectivity index (χ1v) is 8.00. The molecule has 1 saturated heterocycles. The summed E-state index contributed by atoms with van der Waals surface area (Å²) in [5, 5.41) is 0. The van der Waals surface area contributed by atoms with Crippen molar-refractivity contribution in [1.29, 1.82) is 0 Å². The van der Waals surface area contributed by atoms with Gasteiger partial charge in [0.25, 0.3) is 0 Å². The van der Waals surface area contributed by atoms with Gasteiger partial charge in [-0.2, -0.15) is 0 Å². The van der Waals surface area contributed by atoms with E-state index in [-0.39, 0.29) is 6.10 Å². The number of hydrogen-bond acceptors (Lipinski definition) is 4. The molecule has 122 valence electrons. The van der Waals surface area contributed by atoms with Gasteiger partial charge in [-0.1, -0.05) is 37.3 Å². The lowest BCUT2D eigenvalue weighted by Gasteiger charge is -2.39. The Kier molecular flexibility index (Phi) is 6.55. The minimum absolute atomic E-state index is 0.0548. The third kappa shape index (κ3) is 4.63. The van der Waals surface area contributed by atoms with Gasteiger partial charge in [-0.3, -0.25) is 4.79 Å². The Morgan fingerprint density at radius 1 is 1.36 bits per heavy atom. The van der Waals surface area contributed by atoms with Gasteiger partial charge < -0.3 is 14.2 Å². The van der Waals surface area contributed by atoms with Crippen molar-refractivity contribution in [2.45, 2.75) is 51.1 Å². The normalized spacial score (nSPS) is 28.5. The molecule has 0 bridgehead atoms. The number of rotatable bonds is 8. The Morgan fingerprint density at radius 3 is 2.82 bits per heavy atom. The fourth-order valence-corrected chi connectivity index (χ4v) is 2.83. The minimum atomic E-state index is -1.04. The van der Waals surface area contributed by atoms with E-state index in [1.54, 1.807) is 0 Å². The second-order valence-corrected chi connectivity index (χ2v) is 5.99. The van der Waals surface area contributed by atoms with Crippen LogP contribution in [0.25, 0.3) is 0 Å². The first-order valence-electron chi connectivity index (χ1n) is 8.00. The van der Waals surface area contributed by atoms with E-state index in [0.717, 1.165) is 25.5 Å². The lowest BCUT2D eigenvalue weighted by Crippen LogP contribution is -2.46. The van der Waals surface area contributed by atoms with Crippen LogP contribution in [-0.4, -0.2) is 31.9 Å². The van der Waals surface area contributed by atoms with Gasteiger partial charge >= 0.3 is 0 Å². The maximum absolute atomic E-state index is 11.2. The average Bonchev–Trinajstić information content (AvgIpc) is 2.57. The van der Waals surface area contributed by atoms with Crippen LogP contribution in [-0.2, 0) is 25.6 Å². The van der Waals surface area contributed by atoms with Crippen molar-refractivity contribution in [3.05, 3.63) is 35.9 Å². The van der Waals surface area contributed by atoms with Crippen LogP contribution >= 0.6 is 0 Å². The van der Waals surface area contributed by atoms with E-state index in [9.17, 15) is 4.79 Å². The van der Waals surface area contributed by atoms with Gasteiger partial charge in [0.1, 0.15) is 0 Å². The highest BCUT2D eigenvalue weighted by atomic mass is 16.7. The molecule has 1 aliphatic heterocycles. The van der Waals surface area contributed by atoms with E-state index in [1.807, 2.05) is 18.2 Å². The summed E-state index contributed by atoms with van der Waals surface area (Å²) in [4.78, 5) is 11.2. The number of aldehydes is 1. The van der Waals surface area contributed by atoms with Gasteiger partial charge in [-0.15, -0.1) is 0 Å². The fourth-order valence-electron chi connectivity index (χ4n) is 2.83. The average molecular weight is 306 g/mol. The standard InChI is InChI=1S/C18H26O4/c1-15-10-11-18(14-19,20-2)22-17(15)9-6-12-21-13-16-7-4-3-5-8-16/h3-5,7-8,14-15,17H,6,9-13H2,1-2H3/t15-,17+,18+/m0/s1. The highest BCUT2D eigenvalue weighted by Gasteiger charge is 2.40. The monoisotopic (exact) mass is 306 g/mol. The van der Waals surface area contributed by atoms with Crippen molar-refractivity contribution in [1.82, 2.24) is 0 Å². The largest absolute Gasteiger partial charge is 0.377 e. The third-order valence-electron chi connectivity index (χ3n) is 4.35. The lowest BCUT2D eigenvalue weighted by atomic mass is 9.89. The Balaban J connectivity index is 1.70. The predicted molar refractivity (Wildman–Crippen MR) is 84.4 cm³/mol. The SMILES string of the molecule is CO[C@]1(C=O)CC[C@H](C)[C@@H](CCCOCc2ccccc2)O1. The summed E-state index contributed by atoms with van der Waals surface area (Å²) in [6, 6.07) is 10.1. The topological polar surface area (TPSA) is 44.8 Å². The molecule has 0 radical (unpaired) electrons. The van der Waals surface area contributed by atoms with Gasteiger partial charge in [0.2, 0.25) is 5.79 Å². The molecule has 1 aliphatic rings. The number of carbonyl (C=O) groups excluding carboxylic acids is 1. The van der Waals surface area contributed by atoms with Crippen molar-refractivity contribution >= 4 is 6.29 Å². The molecule has 4 heteroatoms. The van der Waals surface area contributed by atoms with Gasteiger partial charge in [0, 0.05) is 20.1 Å². The van der Waals surface area contributed by atoms with Crippen LogP contribution in [0, 0.1) is 5.92 Å². The van der Waals surface area contributed by atoms with Crippen molar-refractivity contribution < 1.29 is 19.0 Å². The fraction of sp³-hybridized carbons (Fsp3) is 0.611. The summed E-state index contributed by atoms with van der Waals surface area (Å²) < 4.78 is 16.9. The van der Waals surface area contributed by atoms with Crippen LogP contribution in [0.15, 0.2) is 30.3 Å². The van der Waals surface area contributed by atoms with Crippen LogP contribution < -0.4 is 0 Å². The van der Waals surface area contributed by atoms with Gasteiger partial charge in [0.15, 0.2) is 6.29 Å². The number of methoxy groups -OCH3 is 1. The highest BCUT2D eigenvalue weighted by Crippen LogP contribution is 2.33. The van der Waals surface area contributed by atoms with Gasteiger partial charge in [-0.05, 0) is 30.7 Å². The Labute approximate surface area is 132 Å². The molecule has 0 aromatic heterocycles. The van der Waals surface area contributed by atoms with Gasteiger partial charge in [0.05, 0.1) is 12.7 Å². The summed E-state index contributed by atoms with van der Waals surface area (Å²) in [5.74, 6) is -0.598. The molecule has 0 spiro atoms. The molecule has 2 rings (SSSR count). The molecule has 0 aliphatic carbocycles. The minimum Gasteiger partial charge on any atom is -0.377 e. The van der Waals surface area contributed by atoms with Crippen LogP contribution in [0.1, 0.15) is 38.2 Å². The van der Waals surface area contributed by atoms with Crippen LogP contribution in [0.5, 0.6) is 0 Å². The van der Waals surface area contributed by atoms with E-state index < -0.39 is 5.79 Å². The molecule has 0 saturated carbocycles. The molecular weight excluding hydrogens is 280 g/mol. The molecule has 3 atom stereocenters. The smallest absolute Gasteiger partial charge is 0.225 e. The van der Waals surface area contributed by atoms with E-state index >= 15 is 0 Å². The molecular formula is C18H26O4. The van der Waals surface area contributed by atoms with Crippen molar-refractivity contribution in [2.75, 3.05) is 13.7 Å². The van der Waals surface area contributed by atoms with Crippen LogP contribution in [0.2, 0.25) is 0 Å². The number of hydrogen-bond donors (Lipinski definition) is 0. The summed E-state index contributed by atoms with van der Waals surface area (Å²) >= 11 is 0. The number of carbonyl (C=O) groups is 1. The van der Waals surface area contributed by atoms with Crippen LogP contribution in [0.3, 0.4) is 0 Å². The number of ether oxygens (including phenoxy) is 3. The van der Waals surface area contributed by atoms with Crippen molar-refractivity contribution in [2.24, 2.45) is 5.92 Å². The molecule has 0 amide bonds. The first-order chi connectivity index (χ1) is 10.7. The van der Waals surface area contributed by atoms with E-state index in [0.29, 0.717) is 25.6 Å². The molecule has 22 heavy (non-hydrogen) atoms. The van der Waals surface area contributed by atoms with Crippen molar-refractivity contribution in [3.63, 3.8) is 0 Å². The van der Waals surface area contributed by atoms with E-state index in [4.69, 9.17) is 14.2 Å². The Bertz CT molecular complexity index is 448. The van der Waals surface area contributed by atoms with Crippen molar-refractivity contribution in [3.8, 4) is 0 Å². The molecule has 0 N–H and O–H groups in total.